The van der Waals surface area contributed by atoms with Crippen LogP contribution < -0.4 is 0 Å². The van der Waals surface area contributed by atoms with Crippen molar-refractivity contribution in [1.29, 1.82) is 0 Å². The molecule has 96 valence electrons. The minimum Gasteiger partial charge on any atom is -0.393 e. The van der Waals surface area contributed by atoms with Crippen molar-refractivity contribution in [3.05, 3.63) is 0 Å². The van der Waals surface area contributed by atoms with Crippen molar-refractivity contribution < 1.29 is 13.5 Å². The van der Waals surface area contributed by atoms with Crippen LogP contribution in [0.15, 0.2) is 0 Å². The Morgan fingerprint density at radius 3 is 2.56 bits per heavy atom. The molecular formula is C12H24O3S. The van der Waals surface area contributed by atoms with E-state index < -0.39 is 9.84 Å². The average Bonchev–Trinajstić information content (AvgIpc) is 2.63. The number of hydrogen-bond acceptors (Lipinski definition) is 3. The molecular weight excluding hydrogens is 224 g/mol. The molecule has 3 atom stereocenters. The maximum absolute atomic E-state index is 11.0. The molecule has 1 aliphatic carbocycles. The summed E-state index contributed by atoms with van der Waals surface area (Å²) in [5.41, 5.74) is 0. The Hall–Kier alpha value is -0.0900. The number of hydrogen-bond donors (Lipinski definition) is 1. The second-order valence-electron chi connectivity index (χ2n) is 5.19. The molecule has 1 aliphatic rings. The molecule has 1 saturated carbocycles. The monoisotopic (exact) mass is 248 g/mol. The largest absolute Gasteiger partial charge is 0.393 e. The zero-order chi connectivity index (χ0) is 12.2. The molecule has 1 fully saturated rings. The molecule has 0 radical (unpaired) electrons. The van der Waals surface area contributed by atoms with E-state index in [1.54, 1.807) is 0 Å². The fourth-order valence-corrected chi connectivity index (χ4v) is 3.32. The second kappa shape index (κ2) is 6.01. The van der Waals surface area contributed by atoms with Gasteiger partial charge in [-0.3, -0.25) is 0 Å². The lowest BCUT2D eigenvalue weighted by molar-refractivity contribution is 0.0990. The van der Waals surface area contributed by atoms with E-state index in [1.165, 1.54) is 19.1 Å². The molecule has 3 nitrogen and oxygen atoms in total. The van der Waals surface area contributed by atoms with E-state index in [-0.39, 0.29) is 11.9 Å². The minimum absolute atomic E-state index is 0.202. The summed E-state index contributed by atoms with van der Waals surface area (Å²) in [5.74, 6) is 1.38. The highest BCUT2D eigenvalue weighted by Gasteiger charge is 2.28. The van der Waals surface area contributed by atoms with Crippen molar-refractivity contribution in [3.63, 3.8) is 0 Å². The Morgan fingerprint density at radius 1 is 1.38 bits per heavy atom. The molecule has 0 spiro atoms. The maximum atomic E-state index is 11.0. The molecule has 1 N–H and O–H groups in total. The summed E-state index contributed by atoms with van der Waals surface area (Å²) >= 11 is 0. The topological polar surface area (TPSA) is 54.4 Å². The molecule has 0 aliphatic heterocycles. The van der Waals surface area contributed by atoms with E-state index >= 15 is 0 Å². The molecule has 0 aromatic carbocycles. The SMILES string of the molecule is CCC1CCC(C(O)CCCS(C)(=O)=O)C1. The van der Waals surface area contributed by atoms with Gasteiger partial charge < -0.3 is 5.11 Å². The molecule has 0 saturated heterocycles. The first kappa shape index (κ1) is 14.0. The predicted molar refractivity (Wildman–Crippen MR) is 66.1 cm³/mol. The highest BCUT2D eigenvalue weighted by atomic mass is 32.2. The number of aliphatic hydroxyl groups is 1. The van der Waals surface area contributed by atoms with Crippen LogP contribution in [0.3, 0.4) is 0 Å². The zero-order valence-corrected chi connectivity index (χ0v) is 11.2. The van der Waals surface area contributed by atoms with Gasteiger partial charge in [0.25, 0.3) is 0 Å². The van der Waals surface area contributed by atoms with Crippen LogP contribution in [-0.4, -0.2) is 31.6 Å². The van der Waals surface area contributed by atoms with Gasteiger partial charge >= 0.3 is 0 Å². The minimum atomic E-state index is -2.87. The fraction of sp³-hybridized carbons (Fsp3) is 1.00. The van der Waals surface area contributed by atoms with Gasteiger partial charge in [0, 0.05) is 12.0 Å². The van der Waals surface area contributed by atoms with Crippen LogP contribution in [0.2, 0.25) is 0 Å². The normalized spacial score (nSPS) is 28.2. The number of sulfone groups is 1. The fourth-order valence-electron chi connectivity index (χ4n) is 2.62. The summed E-state index contributed by atoms with van der Waals surface area (Å²) in [4.78, 5) is 0. The van der Waals surface area contributed by atoms with Crippen molar-refractivity contribution in [2.75, 3.05) is 12.0 Å². The highest BCUT2D eigenvalue weighted by Crippen LogP contribution is 2.35. The number of rotatable bonds is 6. The van der Waals surface area contributed by atoms with Gasteiger partial charge in [-0.25, -0.2) is 8.42 Å². The van der Waals surface area contributed by atoms with Crippen LogP contribution in [0.25, 0.3) is 0 Å². The maximum Gasteiger partial charge on any atom is 0.147 e. The second-order valence-corrected chi connectivity index (χ2v) is 7.45. The lowest BCUT2D eigenvalue weighted by Crippen LogP contribution is -2.19. The van der Waals surface area contributed by atoms with Crippen molar-refractivity contribution >= 4 is 9.84 Å². The van der Waals surface area contributed by atoms with Gasteiger partial charge in [-0.15, -0.1) is 0 Å². The van der Waals surface area contributed by atoms with Gasteiger partial charge in [-0.05, 0) is 37.5 Å². The van der Waals surface area contributed by atoms with Gasteiger partial charge in [-0.1, -0.05) is 19.8 Å². The summed E-state index contributed by atoms with van der Waals surface area (Å²) in [6.45, 7) is 2.20. The molecule has 4 heteroatoms. The smallest absolute Gasteiger partial charge is 0.147 e. The van der Waals surface area contributed by atoms with Crippen molar-refractivity contribution in [3.8, 4) is 0 Å². The van der Waals surface area contributed by atoms with Crippen LogP contribution in [0.4, 0.5) is 0 Å². The molecule has 0 bridgehead atoms. The predicted octanol–water partition coefficient (Wildman–Crippen LogP) is 2.00. The lowest BCUT2D eigenvalue weighted by Gasteiger charge is -2.17. The molecule has 0 aromatic heterocycles. The third-order valence-electron chi connectivity index (χ3n) is 3.72. The van der Waals surface area contributed by atoms with Crippen molar-refractivity contribution in [2.45, 2.75) is 51.6 Å². The van der Waals surface area contributed by atoms with E-state index in [1.807, 2.05) is 0 Å². The van der Waals surface area contributed by atoms with Gasteiger partial charge in [0.2, 0.25) is 0 Å². The Morgan fingerprint density at radius 2 is 2.06 bits per heavy atom. The van der Waals surface area contributed by atoms with Gasteiger partial charge in [0.05, 0.1) is 6.10 Å². The summed E-state index contributed by atoms with van der Waals surface area (Å²) in [6, 6.07) is 0. The Balaban J connectivity index is 2.23. The molecule has 0 aromatic rings. The van der Waals surface area contributed by atoms with Crippen LogP contribution in [0, 0.1) is 11.8 Å². The first-order valence-electron chi connectivity index (χ1n) is 6.28. The quantitative estimate of drug-likeness (QED) is 0.782. The van der Waals surface area contributed by atoms with E-state index in [9.17, 15) is 13.5 Å². The Kier molecular flexibility index (Phi) is 5.25. The van der Waals surface area contributed by atoms with Crippen molar-refractivity contribution in [2.24, 2.45) is 11.8 Å². The molecule has 0 heterocycles. The third-order valence-corrected chi connectivity index (χ3v) is 4.75. The van der Waals surface area contributed by atoms with Gasteiger partial charge in [-0.2, -0.15) is 0 Å². The molecule has 1 rings (SSSR count). The van der Waals surface area contributed by atoms with Gasteiger partial charge in [0.15, 0.2) is 0 Å². The average molecular weight is 248 g/mol. The van der Waals surface area contributed by atoms with Crippen LogP contribution in [0.5, 0.6) is 0 Å². The highest BCUT2D eigenvalue weighted by molar-refractivity contribution is 7.90. The Bertz CT molecular complexity index is 297. The summed E-state index contributed by atoms with van der Waals surface area (Å²) in [5, 5.41) is 9.96. The van der Waals surface area contributed by atoms with E-state index in [0.29, 0.717) is 18.8 Å². The molecule has 0 amide bonds. The van der Waals surface area contributed by atoms with E-state index in [4.69, 9.17) is 0 Å². The summed E-state index contributed by atoms with van der Waals surface area (Å²) < 4.78 is 21.9. The molecule has 16 heavy (non-hydrogen) atoms. The van der Waals surface area contributed by atoms with E-state index in [2.05, 4.69) is 6.92 Å². The summed E-state index contributed by atoms with van der Waals surface area (Å²) in [6.07, 6.45) is 6.84. The lowest BCUT2D eigenvalue weighted by atomic mass is 9.95. The third kappa shape index (κ3) is 4.83. The Labute approximate surface area is 99.2 Å². The standard InChI is InChI=1S/C12H24O3S/c1-3-10-6-7-11(9-10)12(13)5-4-8-16(2,14)15/h10-13H,3-9H2,1-2H3. The van der Waals surface area contributed by atoms with Crippen molar-refractivity contribution in [1.82, 2.24) is 0 Å². The van der Waals surface area contributed by atoms with E-state index in [0.717, 1.165) is 18.8 Å². The van der Waals surface area contributed by atoms with Gasteiger partial charge in [0.1, 0.15) is 9.84 Å². The summed E-state index contributed by atoms with van der Waals surface area (Å²) in [7, 11) is -2.87. The number of aliphatic hydroxyl groups excluding tert-OH is 1. The first-order valence-corrected chi connectivity index (χ1v) is 8.34. The van der Waals surface area contributed by atoms with Crippen LogP contribution in [0.1, 0.15) is 45.4 Å². The zero-order valence-electron chi connectivity index (χ0n) is 10.4. The van der Waals surface area contributed by atoms with Crippen LogP contribution in [-0.2, 0) is 9.84 Å². The van der Waals surface area contributed by atoms with Crippen LogP contribution >= 0.6 is 0 Å². The first-order chi connectivity index (χ1) is 7.42. The molecule has 3 unspecified atom stereocenters.